The average molecular weight is 376 g/mol. The van der Waals surface area contributed by atoms with E-state index in [2.05, 4.69) is 16.0 Å². The first kappa shape index (κ1) is 15.9. The molecule has 0 aliphatic rings. The van der Waals surface area contributed by atoms with Gasteiger partial charge in [-0.15, -0.1) is 11.3 Å². The smallest absolute Gasteiger partial charge is 0.194 e. The lowest BCUT2D eigenvalue weighted by atomic mass is 10.1. The summed E-state index contributed by atoms with van der Waals surface area (Å²) in [6, 6.07) is 11.9. The fourth-order valence-corrected chi connectivity index (χ4v) is 3.86. The van der Waals surface area contributed by atoms with Gasteiger partial charge < -0.3 is 14.5 Å². The lowest BCUT2D eigenvalue weighted by Crippen LogP contribution is -1.91. The predicted molar refractivity (Wildman–Crippen MR) is 107 cm³/mol. The molecule has 0 bridgehead atoms. The normalized spacial score (nSPS) is 11.3. The van der Waals surface area contributed by atoms with Gasteiger partial charge in [-0.1, -0.05) is 6.07 Å². The average Bonchev–Trinajstić information content (AvgIpc) is 3.40. The number of ether oxygens (including phenoxy) is 2. The molecule has 0 saturated carbocycles. The van der Waals surface area contributed by atoms with Crippen molar-refractivity contribution in [2.75, 3.05) is 14.2 Å². The molecule has 5 rings (SSSR count). The summed E-state index contributed by atoms with van der Waals surface area (Å²) in [6.45, 7) is 0. The Morgan fingerprint density at radius 1 is 0.963 bits per heavy atom. The van der Waals surface area contributed by atoms with E-state index < -0.39 is 0 Å². The van der Waals surface area contributed by atoms with Crippen LogP contribution in [0.25, 0.3) is 38.6 Å². The van der Waals surface area contributed by atoms with Crippen molar-refractivity contribution in [2.45, 2.75) is 0 Å². The van der Waals surface area contributed by atoms with Crippen molar-refractivity contribution in [1.29, 1.82) is 0 Å². The molecule has 5 aromatic rings. The molecule has 0 saturated heterocycles. The van der Waals surface area contributed by atoms with Crippen molar-refractivity contribution in [3.63, 3.8) is 0 Å². The monoisotopic (exact) mass is 376 g/mol. The van der Waals surface area contributed by atoms with Gasteiger partial charge in [-0.2, -0.15) is 0 Å². The van der Waals surface area contributed by atoms with Crippen molar-refractivity contribution in [2.24, 2.45) is 0 Å². The van der Waals surface area contributed by atoms with Crippen LogP contribution >= 0.6 is 11.3 Å². The summed E-state index contributed by atoms with van der Waals surface area (Å²) in [5, 5.41) is 2.03. The van der Waals surface area contributed by atoms with E-state index in [1.54, 1.807) is 25.6 Å². The third-order valence-electron chi connectivity index (χ3n) is 4.53. The van der Waals surface area contributed by atoms with Gasteiger partial charge in [0.05, 0.1) is 30.9 Å². The van der Waals surface area contributed by atoms with Crippen LogP contribution in [0.1, 0.15) is 0 Å². The maximum atomic E-state index is 5.39. The number of hydrogen-bond donors (Lipinski definition) is 1. The van der Waals surface area contributed by atoms with Crippen LogP contribution in [0.5, 0.6) is 11.5 Å². The highest BCUT2D eigenvalue weighted by atomic mass is 32.1. The number of benzene rings is 2. The second kappa shape index (κ2) is 6.14. The van der Waals surface area contributed by atoms with Gasteiger partial charge in [-0.05, 0) is 30.3 Å². The number of imidazole rings is 2. The maximum Gasteiger partial charge on any atom is 0.194 e. The molecule has 134 valence electrons. The summed E-state index contributed by atoms with van der Waals surface area (Å²) in [6.07, 6.45) is 4.05. The van der Waals surface area contributed by atoms with E-state index in [9.17, 15) is 0 Å². The fraction of sp³-hybridized carbons (Fsp3) is 0.100. The molecular formula is C20H16N4O2S. The summed E-state index contributed by atoms with van der Waals surface area (Å²) < 4.78 is 12.7. The number of rotatable bonds is 4. The number of nitrogens with zero attached hydrogens (tertiary/aromatic N) is 3. The van der Waals surface area contributed by atoms with E-state index in [-0.39, 0.29) is 0 Å². The van der Waals surface area contributed by atoms with E-state index in [0.717, 1.165) is 38.6 Å². The molecule has 0 fully saturated rings. The van der Waals surface area contributed by atoms with Crippen LogP contribution in [-0.4, -0.2) is 33.6 Å². The molecule has 0 aliphatic heterocycles. The molecule has 0 unspecified atom stereocenters. The first-order valence-electron chi connectivity index (χ1n) is 8.40. The predicted octanol–water partition coefficient (Wildman–Crippen LogP) is 4.62. The van der Waals surface area contributed by atoms with Gasteiger partial charge >= 0.3 is 0 Å². The molecule has 3 aromatic heterocycles. The molecule has 3 heterocycles. The summed E-state index contributed by atoms with van der Waals surface area (Å²) in [5.41, 5.74) is 4.82. The van der Waals surface area contributed by atoms with Gasteiger partial charge in [0.2, 0.25) is 0 Å². The third-order valence-corrected chi connectivity index (χ3v) is 5.30. The summed E-state index contributed by atoms with van der Waals surface area (Å²) >= 11 is 1.62. The van der Waals surface area contributed by atoms with Crippen molar-refractivity contribution in [3.8, 4) is 34.1 Å². The van der Waals surface area contributed by atoms with Gasteiger partial charge in [0.15, 0.2) is 16.5 Å². The number of aromatic amines is 1. The van der Waals surface area contributed by atoms with E-state index in [1.165, 1.54) is 0 Å². The minimum absolute atomic E-state index is 0.675. The quantitative estimate of drug-likeness (QED) is 0.497. The lowest BCUT2D eigenvalue weighted by molar-refractivity contribution is 0.355. The summed E-state index contributed by atoms with van der Waals surface area (Å²) in [7, 11) is 3.25. The molecule has 1 N–H and O–H groups in total. The van der Waals surface area contributed by atoms with Crippen LogP contribution in [0.2, 0.25) is 0 Å². The zero-order chi connectivity index (χ0) is 18.4. The Hall–Kier alpha value is -3.32. The molecule has 0 spiro atoms. The number of aromatic nitrogens is 4. The van der Waals surface area contributed by atoms with Gasteiger partial charge in [0, 0.05) is 28.9 Å². The van der Waals surface area contributed by atoms with Crippen LogP contribution in [-0.2, 0) is 0 Å². The van der Waals surface area contributed by atoms with Crippen molar-refractivity contribution in [1.82, 2.24) is 19.4 Å². The Bertz CT molecular complexity index is 1240. The first-order valence-corrected chi connectivity index (χ1v) is 9.28. The van der Waals surface area contributed by atoms with Gasteiger partial charge in [0.25, 0.3) is 0 Å². The van der Waals surface area contributed by atoms with E-state index in [4.69, 9.17) is 14.5 Å². The highest BCUT2D eigenvalue weighted by molar-refractivity contribution is 7.15. The lowest BCUT2D eigenvalue weighted by Gasteiger charge is -2.08. The van der Waals surface area contributed by atoms with Crippen molar-refractivity contribution >= 4 is 27.3 Å². The minimum atomic E-state index is 0.675. The zero-order valence-electron chi connectivity index (χ0n) is 14.8. The third kappa shape index (κ3) is 2.63. The zero-order valence-corrected chi connectivity index (χ0v) is 15.6. The standard InChI is InChI=1S/C20H16N4O2S/c1-25-17-6-4-13(10-18(17)26-2)19-21-14-5-3-12(9-15(14)22-19)16-11-24-7-8-27-20(24)23-16/h3-11H,1-2H3,(H,21,22). The Labute approximate surface area is 159 Å². The Morgan fingerprint density at radius 2 is 1.81 bits per heavy atom. The first-order chi connectivity index (χ1) is 13.2. The van der Waals surface area contributed by atoms with Gasteiger partial charge in [-0.25, -0.2) is 9.97 Å². The number of nitrogens with one attached hydrogen (secondary N) is 1. The molecule has 7 heteroatoms. The fourth-order valence-electron chi connectivity index (χ4n) is 3.16. The van der Waals surface area contributed by atoms with Crippen molar-refractivity contribution in [3.05, 3.63) is 54.2 Å². The maximum absolute atomic E-state index is 5.39. The number of hydrogen-bond acceptors (Lipinski definition) is 5. The second-order valence-corrected chi connectivity index (χ2v) is 6.98. The Balaban J connectivity index is 1.56. The number of H-pyrrole nitrogens is 1. The highest BCUT2D eigenvalue weighted by Gasteiger charge is 2.12. The largest absolute Gasteiger partial charge is 0.493 e. The van der Waals surface area contributed by atoms with Crippen LogP contribution < -0.4 is 9.47 Å². The molecule has 6 nitrogen and oxygen atoms in total. The molecule has 2 aromatic carbocycles. The molecule has 0 radical (unpaired) electrons. The topological polar surface area (TPSA) is 64.4 Å². The molecule has 0 amide bonds. The molecule has 0 atom stereocenters. The molecule has 27 heavy (non-hydrogen) atoms. The minimum Gasteiger partial charge on any atom is -0.493 e. The van der Waals surface area contributed by atoms with Crippen LogP contribution in [0, 0.1) is 0 Å². The van der Waals surface area contributed by atoms with E-state index in [0.29, 0.717) is 11.5 Å². The van der Waals surface area contributed by atoms with E-state index in [1.807, 2.05) is 52.5 Å². The Morgan fingerprint density at radius 3 is 2.63 bits per heavy atom. The second-order valence-electron chi connectivity index (χ2n) is 6.11. The molecular weight excluding hydrogens is 360 g/mol. The van der Waals surface area contributed by atoms with Crippen LogP contribution in [0.15, 0.2) is 54.2 Å². The van der Waals surface area contributed by atoms with Crippen molar-refractivity contribution < 1.29 is 9.47 Å². The molecule has 0 aliphatic carbocycles. The van der Waals surface area contributed by atoms with Crippen LogP contribution in [0.3, 0.4) is 0 Å². The SMILES string of the molecule is COc1ccc(-c2nc3ccc(-c4cn5ccsc5n4)cc3[nH]2)cc1OC. The van der Waals surface area contributed by atoms with Crippen LogP contribution in [0.4, 0.5) is 0 Å². The highest BCUT2D eigenvalue weighted by Crippen LogP contribution is 2.32. The van der Waals surface area contributed by atoms with E-state index >= 15 is 0 Å². The summed E-state index contributed by atoms with van der Waals surface area (Å²) in [5.74, 6) is 2.16. The van der Waals surface area contributed by atoms with Gasteiger partial charge in [-0.3, -0.25) is 4.40 Å². The number of fused-ring (bicyclic) bond motifs is 2. The summed E-state index contributed by atoms with van der Waals surface area (Å²) in [4.78, 5) is 13.8. The number of methoxy groups -OCH3 is 2. The van der Waals surface area contributed by atoms with Gasteiger partial charge in [0.1, 0.15) is 5.82 Å². The number of thiazole rings is 1. The Kier molecular flexibility index (Phi) is 3.61.